The van der Waals surface area contributed by atoms with Gasteiger partial charge in [0.25, 0.3) is 0 Å². The van der Waals surface area contributed by atoms with E-state index < -0.39 is 0 Å². The van der Waals surface area contributed by atoms with Gasteiger partial charge in [-0.05, 0) is 24.0 Å². The minimum Gasteiger partial charge on any atom is -0.262 e. The minimum absolute atomic E-state index is 0.805. The molecule has 0 aliphatic heterocycles. The van der Waals surface area contributed by atoms with Gasteiger partial charge in [-0.2, -0.15) is 0 Å². The first-order chi connectivity index (χ1) is 10.3. The highest BCUT2D eigenvalue weighted by molar-refractivity contribution is 7.98. The summed E-state index contributed by atoms with van der Waals surface area (Å²) < 4.78 is 0. The molecule has 112 valence electrons. The molecule has 1 aliphatic carbocycles. The number of hydrogen-bond donors (Lipinski definition) is 1. The van der Waals surface area contributed by atoms with E-state index in [0.717, 1.165) is 39.7 Å². The third-order valence-corrected chi connectivity index (χ3v) is 5.35. The van der Waals surface area contributed by atoms with Gasteiger partial charge >= 0.3 is 0 Å². The molecule has 1 aliphatic rings. The molecule has 0 amide bonds. The molecular weight excluding hydrogens is 302 g/mol. The van der Waals surface area contributed by atoms with Crippen molar-refractivity contribution in [3.63, 3.8) is 0 Å². The van der Waals surface area contributed by atoms with Crippen LogP contribution in [0.1, 0.15) is 43.5 Å². The van der Waals surface area contributed by atoms with Crippen molar-refractivity contribution in [3.8, 4) is 0 Å². The average Bonchev–Trinajstić information content (AvgIpc) is 3.16. The molecule has 0 atom stereocenters. The summed E-state index contributed by atoms with van der Waals surface area (Å²) >= 11 is 7.78. The van der Waals surface area contributed by atoms with E-state index in [0.29, 0.717) is 0 Å². The van der Waals surface area contributed by atoms with Crippen LogP contribution >= 0.6 is 23.4 Å². The zero-order valence-electron chi connectivity index (χ0n) is 12.0. The summed E-state index contributed by atoms with van der Waals surface area (Å²) in [5, 5.41) is 8.98. The molecule has 1 aromatic heterocycles. The molecule has 0 unspecified atom stereocenters. The van der Waals surface area contributed by atoms with Gasteiger partial charge in [0.1, 0.15) is 5.82 Å². The van der Waals surface area contributed by atoms with Crippen molar-refractivity contribution in [1.29, 1.82) is 0 Å². The van der Waals surface area contributed by atoms with E-state index in [1.54, 1.807) is 11.8 Å². The van der Waals surface area contributed by atoms with E-state index >= 15 is 0 Å². The van der Waals surface area contributed by atoms with Crippen LogP contribution in [0.25, 0.3) is 0 Å². The number of aromatic nitrogens is 3. The largest absolute Gasteiger partial charge is 0.262 e. The lowest BCUT2D eigenvalue weighted by molar-refractivity contribution is 0.497. The predicted molar refractivity (Wildman–Crippen MR) is 87.7 cm³/mol. The normalized spacial score (nSPS) is 15.7. The number of hydrogen-bond acceptors (Lipinski definition) is 3. The molecule has 5 heteroatoms. The van der Waals surface area contributed by atoms with Crippen LogP contribution in [0, 0.1) is 5.92 Å². The van der Waals surface area contributed by atoms with E-state index in [1.807, 2.05) is 24.3 Å². The fourth-order valence-corrected chi connectivity index (χ4v) is 3.95. The Morgan fingerprint density at radius 3 is 2.86 bits per heavy atom. The van der Waals surface area contributed by atoms with E-state index in [4.69, 9.17) is 11.6 Å². The first kappa shape index (κ1) is 14.9. The van der Waals surface area contributed by atoms with Crippen LogP contribution in [0.15, 0.2) is 29.4 Å². The van der Waals surface area contributed by atoms with Gasteiger partial charge in [0.15, 0.2) is 0 Å². The molecule has 1 aromatic carbocycles. The lowest BCUT2D eigenvalue weighted by Crippen LogP contribution is -1.97. The van der Waals surface area contributed by atoms with Crippen LogP contribution in [0.2, 0.25) is 5.02 Å². The maximum absolute atomic E-state index is 6.16. The molecule has 0 bridgehead atoms. The molecule has 3 rings (SSSR count). The molecule has 1 N–H and O–H groups in total. The number of rotatable bonds is 6. The highest BCUT2D eigenvalue weighted by Gasteiger charge is 2.15. The van der Waals surface area contributed by atoms with Crippen LogP contribution in [0.3, 0.4) is 0 Å². The number of thioether (sulfide) groups is 1. The van der Waals surface area contributed by atoms with Gasteiger partial charge in [-0.3, -0.25) is 5.10 Å². The Labute approximate surface area is 134 Å². The molecule has 3 nitrogen and oxygen atoms in total. The van der Waals surface area contributed by atoms with Crippen LogP contribution < -0.4 is 0 Å². The second kappa shape index (κ2) is 7.32. The summed E-state index contributed by atoms with van der Waals surface area (Å²) in [5.74, 6) is 2.72. The van der Waals surface area contributed by atoms with Crippen LogP contribution in [-0.4, -0.2) is 15.2 Å². The first-order valence-electron chi connectivity index (χ1n) is 7.59. The van der Waals surface area contributed by atoms with Crippen LogP contribution in [0.4, 0.5) is 0 Å². The third kappa shape index (κ3) is 4.24. The molecule has 1 heterocycles. The lowest BCUT2D eigenvalue weighted by atomic mass is 10.0. The summed E-state index contributed by atoms with van der Waals surface area (Å²) in [6.07, 6.45) is 7.85. The zero-order valence-corrected chi connectivity index (χ0v) is 13.6. The van der Waals surface area contributed by atoms with Gasteiger partial charge in [0.2, 0.25) is 5.16 Å². The number of aromatic amines is 1. The molecule has 0 spiro atoms. The highest BCUT2D eigenvalue weighted by Crippen LogP contribution is 2.29. The van der Waals surface area contributed by atoms with Crippen molar-refractivity contribution >= 4 is 23.4 Å². The molecule has 1 fully saturated rings. The molecular formula is C16H20ClN3S. The average molecular weight is 322 g/mol. The Kier molecular flexibility index (Phi) is 5.20. The maximum Gasteiger partial charge on any atom is 0.208 e. The van der Waals surface area contributed by atoms with Gasteiger partial charge in [0, 0.05) is 17.2 Å². The van der Waals surface area contributed by atoms with E-state index in [-0.39, 0.29) is 0 Å². The fraction of sp³-hybridized carbons (Fsp3) is 0.500. The molecule has 0 radical (unpaired) electrons. The Bertz CT molecular complexity index is 578. The SMILES string of the molecule is Clc1ccccc1CSc1n[nH]c(CCC2CCCC2)n1. The summed E-state index contributed by atoms with van der Waals surface area (Å²) in [7, 11) is 0. The number of H-pyrrole nitrogens is 1. The second-order valence-corrected chi connectivity index (χ2v) is 6.98. The first-order valence-corrected chi connectivity index (χ1v) is 8.95. The van der Waals surface area contributed by atoms with Crippen molar-refractivity contribution < 1.29 is 0 Å². The Morgan fingerprint density at radius 1 is 1.24 bits per heavy atom. The number of nitrogens with zero attached hydrogens (tertiary/aromatic N) is 2. The van der Waals surface area contributed by atoms with Crippen LogP contribution in [-0.2, 0) is 12.2 Å². The Hall–Kier alpha value is -1.00. The van der Waals surface area contributed by atoms with Crippen molar-refractivity contribution in [3.05, 3.63) is 40.7 Å². The molecule has 0 saturated heterocycles. The number of benzene rings is 1. The third-order valence-electron chi connectivity index (χ3n) is 4.09. The predicted octanol–water partition coefficient (Wildman–Crippen LogP) is 4.87. The summed E-state index contributed by atoms with van der Waals surface area (Å²) in [6.45, 7) is 0. The van der Waals surface area contributed by atoms with Crippen LogP contribution in [0.5, 0.6) is 0 Å². The van der Waals surface area contributed by atoms with Gasteiger partial charge in [-0.25, -0.2) is 4.98 Å². The maximum atomic E-state index is 6.16. The minimum atomic E-state index is 0.805. The monoisotopic (exact) mass is 321 g/mol. The Morgan fingerprint density at radius 2 is 2.05 bits per heavy atom. The quantitative estimate of drug-likeness (QED) is 0.771. The van der Waals surface area contributed by atoms with E-state index in [9.17, 15) is 0 Å². The highest BCUT2D eigenvalue weighted by atomic mass is 35.5. The molecule has 1 saturated carbocycles. The lowest BCUT2D eigenvalue weighted by Gasteiger charge is -2.05. The zero-order chi connectivity index (χ0) is 14.5. The van der Waals surface area contributed by atoms with Crippen molar-refractivity contribution in [1.82, 2.24) is 15.2 Å². The fourth-order valence-electron chi connectivity index (χ4n) is 2.85. The Balaban J connectivity index is 1.49. The van der Waals surface area contributed by atoms with Gasteiger partial charge in [-0.15, -0.1) is 5.10 Å². The molecule has 2 aromatic rings. The summed E-state index contributed by atoms with van der Waals surface area (Å²) in [4.78, 5) is 4.57. The van der Waals surface area contributed by atoms with Gasteiger partial charge < -0.3 is 0 Å². The van der Waals surface area contributed by atoms with Gasteiger partial charge in [0.05, 0.1) is 0 Å². The summed E-state index contributed by atoms with van der Waals surface area (Å²) in [5.41, 5.74) is 1.13. The smallest absolute Gasteiger partial charge is 0.208 e. The number of halogens is 1. The van der Waals surface area contributed by atoms with E-state index in [1.165, 1.54) is 32.1 Å². The topological polar surface area (TPSA) is 41.6 Å². The second-order valence-electron chi connectivity index (χ2n) is 5.63. The number of aryl methyl sites for hydroxylation is 1. The molecule has 21 heavy (non-hydrogen) atoms. The number of nitrogens with one attached hydrogen (secondary N) is 1. The summed E-state index contributed by atoms with van der Waals surface area (Å²) in [6, 6.07) is 7.92. The van der Waals surface area contributed by atoms with E-state index in [2.05, 4.69) is 15.2 Å². The standard InChI is InChI=1S/C16H20ClN3S/c17-14-8-4-3-7-13(14)11-21-16-18-15(19-20-16)10-9-12-5-1-2-6-12/h3-4,7-8,12H,1-2,5-6,9-11H2,(H,18,19,20). The van der Waals surface area contributed by atoms with Crippen molar-refractivity contribution in [2.24, 2.45) is 5.92 Å². The van der Waals surface area contributed by atoms with Gasteiger partial charge in [-0.1, -0.05) is 67.2 Å². The van der Waals surface area contributed by atoms with Crippen molar-refractivity contribution in [2.75, 3.05) is 0 Å². The van der Waals surface area contributed by atoms with Crippen molar-refractivity contribution in [2.45, 2.75) is 49.4 Å².